The normalized spacial score (nSPS) is 19.5. The lowest BCUT2D eigenvalue weighted by Crippen LogP contribution is -2.29. The van der Waals surface area contributed by atoms with Gasteiger partial charge in [-0.2, -0.15) is 0 Å². The van der Waals surface area contributed by atoms with Crippen LogP contribution in [0.15, 0.2) is 24.5 Å². The molecule has 0 spiro atoms. The zero-order valence-corrected chi connectivity index (χ0v) is 8.63. The summed E-state index contributed by atoms with van der Waals surface area (Å²) in [7, 11) is 0. The topological polar surface area (TPSA) is 30.0 Å². The second-order valence-electron chi connectivity index (χ2n) is 3.80. The molecular weight excluding hydrogens is 198 g/mol. The van der Waals surface area contributed by atoms with Crippen LogP contribution in [-0.2, 0) is 10.2 Å². The summed E-state index contributed by atoms with van der Waals surface area (Å²) in [6, 6.07) is 3.79. The lowest BCUT2D eigenvalue weighted by molar-refractivity contribution is -0.116. The summed E-state index contributed by atoms with van der Waals surface area (Å²) in [6.07, 6.45) is 7.35. The van der Waals surface area contributed by atoms with Gasteiger partial charge >= 0.3 is 0 Å². The minimum absolute atomic E-state index is 0.221. The molecule has 0 aromatic carbocycles. The molecule has 1 aromatic heterocycles. The van der Waals surface area contributed by atoms with Gasteiger partial charge in [0.05, 0.1) is 5.41 Å². The smallest absolute Gasteiger partial charge is 0.232 e. The summed E-state index contributed by atoms with van der Waals surface area (Å²) in [6.45, 7) is 0. The third kappa shape index (κ3) is 1.44. The van der Waals surface area contributed by atoms with Crippen LogP contribution in [0.4, 0.5) is 0 Å². The van der Waals surface area contributed by atoms with Gasteiger partial charge in [0.2, 0.25) is 5.24 Å². The average Bonchev–Trinajstić information content (AvgIpc) is 2.69. The molecule has 0 saturated heterocycles. The van der Waals surface area contributed by atoms with E-state index in [0.717, 1.165) is 31.2 Å². The maximum atomic E-state index is 11.5. The molecular formula is C11H12ClNO. The summed E-state index contributed by atoms with van der Waals surface area (Å²) in [5.74, 6) is 0. The van der Waals surface area contributed by atoms with Gasteiger partial charge in [0, 0.05) is 12.4 Å². The molecule has 0 bridgehead atoms. The van der Waals surface area contributed by atoms with Crippen LogP contribution in [0.2, 0.25) is 0 Å². The number of carbonyl (C=O) groups excluding carboxylic acids is 1. The molecule has 1 heterocycles. The van der Waals surface area contributed by atoms with Crippen molar-refractivity contribution in [2.75, 3.05) is 0 Å². The minimum Gasteiger partial charge on any atom is -0.280 e. The Bertz CT molecular complexity index is 330. The molecule has 0 radical (unpaired) electrons. The van der Waals surface area contributed by atoms with E-state index in [1.807, 2.05) is 12.1 Å². The number of hydrogen-bond donors (Lipinski definition) is 0. The van der Waals surface area contributed by atoms with Crippen molar-refractivity contribution in [1.82, 2.24) is 4.98 Å². The molecule has 0 amide bonds. The van der Waals surface area contributed by atoms with Crippen LogP contribution < -0.4 is 0 Å². The molecule has 1 aromatic rings. The molecule has 14 heavy (non-hydrogen) atoms. The van der Waals surface area contributed by atoms with E-state index in [4.69, 9.17) is 11.6 Å². The molecule has 2 nitrogen and oxygen atoms in total. The van der Waals surface area contributed by atoms with Gasteiger partial charge in [0.25, 0.3) is 0 Å². The van der Waals surface area contributed by atoms with E-state index < -0.39 is 5.41 Å². The molecule has 1 fully saturated rings. The molecule has 1 saturated carbocycles. The molecule has 2 rings (SSSR count). The summed E-state index contributed by atoms with van der Waals surface area (Å²) in [4.78, 5) is 15.5. The lowest BCUT2D eigenvalue weighted by Gasteiger charge is -2.24. The van der Waals surface area contributed by atoms with Crippen molar-refractivity contribution in [3.8, 4) is 0 Å². The van der Waals surface area contributed by atoms with E-state index >= 15 is 0 Å². The molecule has 1 aliphatic rings. The highest BCUT2D eigenvalue weighted by atomic mass is 35.5. The third-order valence-electron chi connectivity index (χ3n) is 3.07. The quantitative estimate of drug-likeness (QED) is 0.701. The number of nitrogens with zero attached hydrogens (tertiary/aromatic N) is 1. The van der Waals surface area contributed by atoms with E-state index in [1.54, 1.807) is 12.4 Å². The van der Waals surface area contributed by atoms with Crippen molar-refractivity contribution in [2.45, 2.75) is 31.1 Å². The zero-order valence-electron chi connectivity index (χ0n) is 7.87. The van der Waals surface area contributed by atoms with Gasteiger partial charge in [-0.25, -0.2) is 0 Å². The first kappa shape index (κ1) is 9.66. The lowest BCUT2D eigenvalue weighted by atomic mass is 9.81. The van der Waals surface area contributed by atoms with Crippen LogP contribution in [0, 0.1) is 0 Å². The summed E-state index contributed by atoms with van der Waals surface area (Å²) in [5.41, 5.74) is 0.592. The first-order chi connectivity index (χ1) is 6.76. The Morgan fingerprint density at radius 1 is 1.29 bits per heavy atom. The molecule has 0 unspecified atom stereocenters. The zero-order chi connectivity index (χ0) is 10.0. The van der Waals surface area contributed by atoms with Gasteiger partial charge in [-0.1, -0.05) is 12.8 Å². The molecule has 3 heteroatoms. The summed E-state index contributed by atoms with van der Waals surface area (Å²) in [5, 5.41) is -0.221. The van der Waals surface area contributed by atoms with Crippen LogP contribution >= 0.6 is 11.6 Å². The Balaban J connectivity index is 2.42. The molecule has 0 aliphatic heterocycles. The van der Waals surface area contributed by atoms with Crippen molar-refractivity contribution < 1.29 is 4.79 Å². The minimum atomic E-state index is -0.426. The second-order valence-corrected chi connectivity index (χ2v) is 4.14. The number of hydrogen-bond acceptors (Lipinski definition) is 2. The van der Waals surface area contributed by atoms with Gasteiger partial charge in [-0.15, -0.1) is 0 Å². The average molecular weight is 210 g/mol. The number of halogens is 1. The van der Waals surface area contributed by atoms with Gasteiger partial charge in [0.15, 0.2) is 0 Å². The highest BCUT2D eigenvalue weighted by Crippen LogP contribution is 2.42. The fraction of sp³-hybridized carbons (Fsp3) is 0.455. The van der Waals surface area contributed by atoms with Crippen LogP contribution in [0.3, 0.4) is 0 Å². The van der Waals surface area contributed by atoms with Crippen molar-refractivity contribution >= 4 is 16.8 Å². The summed E-state index contributed by atoms with van der Waals surface area (Å²) >= 11 is 5.72. The third-order valence-corrected chi connectivity index (χ3v) is 3.43. The van der Waals surface area contributed by atoms with Crippen LogP contribution in [0.5, 0.6) is 0 Å². The van der Waals surface area contributed by atoms with Crippen molar-refractivity contribution in [2.24, 2.45) is 0 Å². The Kier molecular flexibility index (Phi) is 2.55. The Hall–Kier alpha value is -0.890. The fourth-order valence-corrected chi connectivity index (χ4v) is 2.55. The second kappa shape index (κ2) is 3.70. The van der Waals surface area contributed by atoms with Crippen molar-refractivity contribution in [3.63, 3.8) is 0 Å². The highest BCUT2D eigenvalue weighted by Gasteiger charge is 2.41. The van der Waals surface area contributed by atoms with E-state index in [1.165, 1.54) is 0 Å². The molecule has 74 valence electrons. The number of carbonyl (C=O) groups is 1. The van der Waals surface area contributed by atoms with Gasteiger partial charge in [-0.05, 0) is 42.1 Å². The van der Waals surface area contributed by atoms with Crippen LogP contribution in [0.25, 0.3) is 0 Å². The molecule has 1 aliphatic carbocycles. The molecule has 0 N–H and O–H groups in total. The fourth-order valence-electron chi connectivity index (χ4n) is 2.25. The largest absolute Gasteiger partial charge is 0.280 e. The maximum Gasteiger partial charge on any atom is 0.232 e. The van der Waals surface area contributed by atoms with Crippen molar-refractivity contribution in [3.05, 3.63) is 30.1 Å². The van der Waals surface area contributed by atoms with E-state index in [0.29, 0.717) is 0 Å². The first-order valence-corrected chi connectivity index (χ1v) is 5.24. The van der Waals surface area contributed by atoms with E-state index in [9.17, 15) is 4.79 Å². The highest BCUT2D eigenvalue weighted by molar-refractivity contribution is 6.65. The maximum absolute atomic E-state index is 11.5. The van der Waals surface area contributed by atoms with E-state index in [-0.39, 0.29) is 5.24 Å². The molecule has 0 atom stereocenters. The Morgan fingerprint density at radius 2 is 1.86 bits per heavy atom. The Labute approximate surface area is 88.3 Å². The Morgan fingerprint density at radius 3 is 2.36 bits per heavy atom. The number of pyridine rings is 1. The monoisotopic (exact) mass is 209 g/mol. The predicted octanol–water partition coefficient (Wildman–Crippen LogP) is 2.66. The SMILES string of the molecule is O=C(Cl)C1(c2ccncc2)CCCC1. The van der Waals surface area contributed by atoms with Gasteiger partial charge in [-0.3, -0.25) is 9.78 Å². The van der Waals surface area contributed by atoms with E-state index in [2.05, 4.69) is 4.98 Å². The number of aromatic nitrogens is 1. The standard InChI is InChI=1S/C11H12ClNO/c12-10(14)11(5-1-2-6-11)9-3-7-13-8-4-9/h3-4,7-8H,1-2,5-6H2. The first-order valence-electron chi connectivity index (χ1n) is 4.86. The van der Waals surface area contributed by atoms with Crippen LogP contribution in [0.1, 0.15) is 31.2 Å². The van der Waals surface area contributed by atoms with Gasteiger partial charge < -0.3 is 0 Å². The van der Waals surface area contributed by atoms with Crippen LogP contribution in [-0.4, -0.2) is 10.2 Å². The van der Waals surface area contributed by atoms with Gasteiger partial charge in [0.1, 0.15) is 0 Å². The van der Waals surface area contributed by atoms with Crippen molar-refractivity contribution in [1.29, 1.82) is 0 Å². The predicted molar refractivity (Wildman–Crippen MR) is 55.2 cm³/mol. The number of rotatable bonds is 2. The summed E-state index contributed by atoms with van der Waals surface area (Å²) < 4.78 is 0.